The summed E-state index contributed by atoms with van der Waals surface area (Å²) in [6.45, 7) is 4.84. The second-order valence-corrected chi connectivity index (χ2v) is 5.68. The Hall–Kier alpha value is -1.39. The molecule has 1 aliphatic rings. The molecular weight excluding hydrogens is 260 g/mol. The minimum absolute atomic E-state index is 0.125. The van der Waals surface area contributed by atoms with Crippen molar-refractivity contribution in [2.75, 3.05) is 17.2 Å². The zero-order chi connectivity index (χ0) is 14.5. The van der Waals surface area contributed by atoms with Crippen LogP contribution in [0.2, 0.25) is 0 Å². The first-order valence-electron chi connectivity index (χ1n) is 7.46. The first kappa shape index (κ1) is 15.0. The Morgan fingerprint density at radius 3 is 2.45 bits per heavy atom. The SMILES string of the molecule is CCCNc1nc(NC2CCC(C)CC2)c(F)cc1F. The van der Waals surface area contributed by atoms with Crippen LogP contribution in [-0.4, -0.2) is 17.6 Å². The molecule has 20 heavy (non-hydrogen) atoms. The predicted octanol–water partition coefficient (Wildman–Crippen LogP) is 4.17. The van der Waals surface area contributed by atoms with Gasteiger partial charge in [-0.3, -0.25) is 0 Å². The second-order valence-electron chi connectivity index (χ2n) is 5.68. The number of aromatic nitrogens is 1. The van der Waals surface area contributed by atoms with Gasteiger partial charge in [-0.1, -0.05) is 13.8 Å². The van der Waals surface area contributed by atoms with Gasteiger partial charge in [0.1, 0.15) is 0 Å². The summed E-state index contributed by atoms with van der Waals surface area (Å²) in [7, 11) is 0. The topological polar surface area (TPSA) is 37.0 Å². The number of halogens is 2. The molecule has 0 saturated heterocycles. The highest BCUT2D eigenvalue weighted by Gasteiger charge is 2.20. The van der Waals surface area contributed by atoms with Crippen LogP contribution in [-0.2, 0) is 0 Å². The average Bonchev–Trinajstić information content (AvgIpc) is 2.43. The number of anilines is 2. The molecule has 0 aromatic carbocycles. The van der Waals surface area contributed by atoms with Crippen molar-refractivity contribution in [3.05, 3.63) is 17.7 Å². The van der Waals surface area contributed by atoms with E-state index in [2.05, 4.69) is 22.5 Å². The quantitative estimate of drug-likeness (QED) is 0.851. The summed E-state index contributed by atoms with van der Waals surface area (Å²) < 4.78 is 27.4. The van der Waals surface area contributed by atoms with E-state index in [1.54, 1.807) is 0 Å². The molecule has 0 atom stereocenters. The van der Waals surface area contributed by atoms with Gasteiger partial charge in [0.2, 0.25) is 0 Å². The number of nitrogens with zero attached hydrogens (tertiary/aromatic N) is 1. The van der Waals surface area contributed by atoms with Crippen molar-refractivity contribution < 1.29 is 8.78 Å². The molecule has 2 N–H and O–H groups in total. The fourth-order valence-electron chi connectivity index (χ4n) is 2.53. The maximum atomic E-state index is 13.8. The lowest BCUT2D eigenvalue weighted by molar-refractivity contribution is 0.360. The van der Waals surface area contributed by atoms with Crippen LogP contribution < -0.4 is 10.6 Å². The molecule has 0 amide bonds. The molecule has 0 unspecified atom stereocenters. The molecule has 1 heterocycles. The minimum atomic E-state index is -0.640. The van der Waals surface area contributed by atoms with Crippen LogP contribution in [0.4, 0.5) is 20.4 Å². The fraction of sp³-hybridized carbons (Fsp3) is 0.667. The second kappa shape index (κ2) is 6.86. The van der Waals surface area contributed by atoms with Crippen molar-refractivity contribution in [2.45, 2.75) is 52.0 Å². The number of nitrogens with one attached hydrogen (secondary N) is 2. The van der Waals surface area contributed by atoms with Gasteiger partial charge in [0, 0.05) is 18.7 Å². The van der Waals surface area contributed by atoms with E-state index in [-0.39, 0.29) is 17.7 Å². The van der Waals surface area contributed by atoms with E-state index in [1.165, 1.54) is 0 Å². The van der Waals surface area contributed by atoms with E-state index in [0.717, 1.165) is 44.1 Å². The van der Waals surface area contributed by atoms with Gasteiger partial charge in [0.25, 0.3) is 0 Å². The molecule has 112 valence electrons. The van der Waals surface area contributed by atoms with Gasteiger partial charge in [-0.05, 0) is 38.0 Å². The van der Waals surface area contributed by atoms with Crippen LogP contribution in [0.1, 0.15) is 46.0 Å². The number of rotatable bonds is 5. The van der Waals surface area contributed by atoms with Crippen LogP contribution in [0.3, 0.4) is 0 Å². The van der Waals surface area contributed by atoms with E-state index < -0.39 is 11.6 Å². The maximum absolute atomic E-state index is 13.8. The summed E-state index contributed by atoms with van der Waals surface area (Å²) in [6.07, 6.45) is 5.17. The maximum Gasteiger partial charge on any atom is 0.168 e. The van der Waals surface area contributed by atoms with Crippen molar-refractivity contribution in [3.63, 3.8) is 0 Å². The van der Waals surface area contributed by atoms with Crippen LogP contribution >= 0.6 is 0 Å². The number of pyridine rings is 1. The molecule has 0 radical (unpaired) electrons. The summed E-state index contributed by atoms with van der Waals surface area (Å²) in [5.41, 5.74) is 0. The summed E-state index contributed by atoms with van der Waals surface area (Å²) in [6, 6.07) is 1.14. The lowest BCUT2D eigenvalue weighted by Crippen LogP contribution is -2.26. The van der Waals surface area contributed by atoms with E-state index in [0.29, 0.717) is 6.54 Å². The van der Waals surface area contributed by atoms with E-state index >= 15 is 0 Å². The van der Waals surface area contributed by atoms with Crippen molar-refractivity contribution in [3.8, 4) is 0 Å². The molecule has 1 fully saturated rings. The van der Waals surface area contributed by atoms with Gasteiger partial charge in [-0.15, -0.1) is 0 Å². The Bertz CT molecular complexity index is 443. The average molecular weight is 283 g/mol. The van der Waals surface area contributed by atoms with Crippen LogP contribution in [0.15, 0.2) is 6.07 Å². The van der Waals surface area contributed by atoms with Crippen molar-refractivity contribution in [2.24, 2.45) is 5.92 Å². The first-order valence-corrected chi connectivity index (χ1v) is 7.46. The smallest absolute Gasteiger partial charge is 0.168 e. The Balaban J connectivity index is 2.06. The highest BCUT2D eigenvalue weighted by Crippen LogP contribution is 2.27. The third-order valence-electron chi connectivity index (χ3n) is 3.83. The summed E-state index contributed by atoms with van der Waals surface area (Å²) in [5, 5.41) is 6.00. The van der Waals surface area contributed by atoms with Gasteiger partial charge in [0.05, 0.1) is 0 Å². The highest BCUT2D eigenvalue weighted by molar-refractivity contribution is 5.48. The summed E-state index contributed by atoms with van der Waals surface area (Å²) in [4.78, 5) is 4.05. The standard InChI is InChI=1S/C15H23F2N3/c1-3-8-18-14-12(16)9-13(17)15(20-14)19-11-6-4-10(2)5-7-11/h9-11H,3-8H2,1-2H3,(H2,18,19,20). The fourth-order valence-corrected chi connectivity index (χ4v) is 2.53. The van der Waals surface area contributed by atoms with Gasteiger partial charge < -0.3 is 10.6 Å². The first-order chi connectivity index (χ1) is 9.60. The molecule has 1 aromatic rings. The number of hydrogen-bond donors (Lipinski definition) is 2. The van der Waals surface area contributed by atoms with Gasteiger partial charge in [-0.25, -0.2) is 13.8 Å². The minimum Gasteiger partial charge on any atom is -0.368 e. The van der Waals surface area contributed by atoms with E-state index in [1.807, 2.05) is 6.92 Å². The van der Waals surface area contributed by atoms with E-state index in [9.17, 15) is 8.78 Å². The molecule has 0 bridgehead atoms. The molecule has 1 aromatic heterocycles. The Morgan fingerprint density at radius 1 is 1.15 bits per heavy atom. The zero-order valence-electron chi connectivity index (χ0n) is 12.2. The third-order valence-corrected chi connectivity index (χ3v) is 3.83. The molecule has 3 nitrogen and oxygen atoms in total. The number of hydrogen-bond acceptors (Lipinski definition) is 3. The summed E-state index contributed by atoms with van der Waals surface area (Å²) in [5.74, 6) is -0.243. The lowest BCUT2D eigenvalue weighted by atomic mass is 9.87. The normalized spacial score (nSPS) is 22.6. The van der Waals surface area contributed by atoms with Crippen LogP contribution in [0.25, 0.3) is 0 Å². The Labute approximate surface area is 119 Å². The Kier molecular flexibility index (Phi) is 5.15. The van der Waals surface area contributed by atoms with Crippen LogP contribution in [0.5, 0.6) is 0 Å². The molecule has 0 spiro atoms. The van der Waals surface area contributed by atoms with Crippen molar-refractivity contribution in [1.29, 1.82) is 0 Å². The van der Waals surface area contributed by atoms with Crippen molar-refractivity contribution >= 4 is 11.6 Å². The highest BCUT2D eigenvalue weighted by atomic mass is 19.1. The van der Waals surface area contributed by atoms with Crippen molar-refractivity contribution in [1.82, 2.24) is 4.98 Å². The van der Waals surface area contributed by atoms with Gasteiger partial charge in [0.15, 0.2) is 23.3 Å². The summed E-state index contributed by atoms with van der Waals surface area (Å²) >= 11 is 0. The third kappa shape index (κ3) is 3.81. The molecule has 1 aliphatic carbocycles. The van der Waals surface area contributed by atoms with Gasteiger partial charge in [-0.2, -0.15) is 0 Å². The molecule has 5 heteroatoms. The zero-order valence-corrected chi connectivity index (χ0v) is 12.2. The molecule has 1 saturated carbocycles. The van der Waals surface area contributed by atoms with Crippen LogP contribution in [0, 0.1) is 17.6 Å². The predicted molar refractivity (Wildman–Crippen MR) is 78.0 cm³/mol. The lowest BCUT2D eigenvalue weighted by Gasteiger charge is -2.27. The molecular formula is C15H23F2N3. The van der Waals surface area contributed by atoms with Gasteiger partial charge >= 0.3 is 0 Å². The Morgan fingerprint density at radius 2 is 1.80 bits per heavy atom. The molecule has 0 aliphatic heterocycles. The largest absolute Gasteiger partial charge is 0.368 e. The van der Waals surface area contributed by atoms with E-state index in [4.69, 9.17) is 0 Å². The monoisotopic (exact) mass is 283 g/mol. The molecule has 2 rings (SSSR count).